The van der Waals surface area contributed by atoms with Gasteiger partial charge in [-0.05, 0) is 12.0 Å². The molecule has 0 heterocycles. The number of hydrogen-bond donors (Lipinski definition) is 1. The lowest BCUT2D eigenvalue weighted by Crippen LogP contribution is -2.46. The normalized spacial score (nSPS) is 12.8. The maximum Gasteiger partial charge on any atom is 0.220 e. The minimum atomic E-state index is -0.458. The molecule has 1 N–H and O–H groups in total. The molecular formula is C16H23NO2. The lowest BCUT2D eigenvalue weighted by Gasteiger charge is -2.25. The van der Waals surface area contributed by atoms with E-state index in [4.69, 9.17) is 0 Å². The van der Waals surface area contributed by atoms with E-state index in [-0.39, 0.29) is 11.7 Å². The molecule has 1 atom stereocenters. The van der Waals surface area contributed by atoms with E-state index >= 15 is 0 Å². The average Bonchev–Trinajstić information content (AvgIpc) is 2.37. The van der Waals surface area contributed by atoms with Gasteiger partial charge in [-0.2, -0.15) is 0 Å². The number of benzene rings is 1. The molecule has 1 amide bonds. The van der Waals surface area contributed by atoms with Crippen molar-refractivity contribution >= 4 is 11.7 Å². The smallest absolute Gasteiger partial charge is 0.220 e. The molecule has 0 aliphatic rings. The van der Waals surface area contributed by atoms with Crippen LogP contribution in [-0.2, 0) is 16.0 Å². The lowest BCUT2D eigenvalue weighted by molar-refractivity contribution is -0.132. The van der Waals surface area contributed by atoms with E-state index < -0.39 is 11.5 Å². The Balaban J connectivity index is 2.87. The second-order valence-corrected chi connectivity index (χ2v) is 5.78. The van der Waals surface area contributed by atoms with E-state index in [1.165, 1.54) is 0 Å². The second-order valence-electron chi connectivity index (χ2n) is 5.78. The highest BCUT2D eigenvalue weighted by Gasteiger charge is 2.30. The summed E-state index contributed by atoms with van der Waals surface area (Å²) in [6.45, 7) is 7.43. The molecule has 1 aromatic rings. The molecule has 0 unspecified atom stereocenters. The number of carbonyl (C=O) groups excluding carboxylic acids is 2. The third kappa shape index (κ3) is 4.86. The summed E-state index contributed by atoms with van der Waals surface area (Å²) in [5.74, 6) is -0.0170. The monoisotopic (exact) mass is 261 g/mol. The summed E-state index contributed by atoms with van der Waals surface area (Å²) < 4.78 is 0. The third-order valence-corrected chi connectivity index (χ3v) is 2.99. The first-order chi connectivity index (χ1) is 8.84. The van der Waals surface area contributed by atoms with Gasteiger partial charge in [0.05, 0.1) is 6.04 Å². The molecule has 3 nitrogen and oxygen atoms in total. The van der Waals surface area contributed by atoms with Crippen LogP contribution in [0.3, 0.4) is 0 Å². The highest BCUT2D eigenvalue weighted by atomic mass is 16.2. The van der Waals surface area contributed by atoms with Crippen LogP contribution in [0.4, 0.5) is 0 Å². The summed E-state index contributed by atoms with van der Waals surface area (Å²) >= 11 is 0. The van der Waals surface area contributed by atoms with Gasteiger partial charge in [0.2, 0.25) is 5.91 Å². The topological polar surface area (TPSA) is 46.2 Å². The quantitative estimate of drug-likeness (QED) is 0.886. The highest BCUT2D eigenvalue weighted by molar-refractivity contribution is 5.92. The van der Waals surface area contributed by atoms with Gasteiger partial charge in [0.1, 0.15) is 0 Å². The third-order valence-electron chi connectivity index (χ3n) is 2.99. The Hall–Kier alpha value is -1.64. The minimum Gasteiger partial charge on any atom is -0.346 e. The number of ketones is 1. The van der Waals surface area contributed by atoms with Crippen molar-refractivity contribution in [2.45, 2.75) is 46.6 Å². The molecule has 0 aliphatic heterocycles. The number of Topliss-reactive ketones (excluding diaryl/α,β-unsaturated/α-hetero) is 1. The number of nitrogens with one attached hydrogen (secondary N) is 1. The molecule has 0 aromatic heterocycles. The van der Waals surface area contributed by atoms with E-state index in [2.05, 4.69) is 5.32 Å². The summed E-state index contributed by atoms with van der Waals surface area (Å²) in [6, 6.07) is 9.32. The summed E-state index contributed by atoms with van der Waals surface area (Å²) in [5.41, 5.74) is 0.599. The lowest BCUT2D eigenvalue weighted by atomic mass is 9.84. The maximum absolute atomic E-state index is 12.4. The largest absolute Gasteiger partial charge is 0.346 e. The number of carbonyl (C=O) groups is 2. The second kappa shape index (κ2) is 6.50. The molecule has 3 heteroatoms. The predicted molar refractivity (Wildman–Crippen MR) is 76.8 cm³/mol. The predicted octanol–water partition coefficient (Wildman–Crippen LogP) is 2.74. The van der Waals surface area contributed by atoms with Gasteiger partial charge in [-0.3, -0.25) is 9.59 Å². The van der Waals surface area contributed by atoms with Gasteiger partial charge < -0.3 is 5.32 Å². The van der Waals surface area contributed by atoms with E-state index in [0.717, 1.165) is 5.56 Å². The van der Waals surface area contributed by atoms with Crippen molar-refractivity contribution in [3.8, 4) is 0 Å². The molecule has 0 radical (unpaired) electrons. The first-order valence-corrected chi connectivity index (χ1v) is 6.72. The molecule has 0 spiro atoms. The van der Waals surface area contributed by atoms with E-state index in [9.17, 15) is 9.59 Å². The molecule has 1 rings (SSSR count). The fourth-order valence-corrected chi connectivity index (χ4v) is 1.88. The zero-order chi connectivity index (χ0) is 14.5. The minimum absolute atomic E-state index is 0.0677. The van der Waals surface area contributed by atoms with Crippen molar-refractivity contribution in [1.29, 1.82) is 0 Å². The Labute approximate surface area is 115 Å². The zero-order valence-electron chi connectivity index (χ0n) is 12.2. The van der Waals surface area contributed by atoms with Gasteiger partial charge in [0, 0.05) is 11.8 Å². The van der Waals surface area contributed by atoms with Gasteiger partial charge in [-0.1, -0.05) is 58.0 Å². The molecule has 0 aliphatic carbocycles. The molecule has 1 aromatic carbocycles. The SMILES string of the molecule is CCC(=O)N[C@@H](Cc1ccccc1)C(=O)C(C)(C)C. The summed E-state index contributed by atoms with van der Waals surface area (Å²) in [5, 5.41) is 2.83. The molecule has 19 heavy (non-hydrogen) atoms. The van der Waals surface area contributed by atoms with Crippen molar-refractivity contribution in [1.82, 2.24) is 5.32 Å². The van der Waals surface area contributed by atoms with Gasteiger partial charge in [-0.15, -0.1) is 0 Å². The molecule has 0 fully saturated rings. The van der Waals surface area contributed by atoms with Crippen LogP contribution in [0, 0.1) is 5.41 Å². The number of amides is 1. The van der Waals surface area contributed by atoms with E-state index in [0.29, 0.717) is 12.8 Å². The van der Waals surface area contributed by atoms with Gasteiger partial charge in [0.15, 0.2) is 5.78 Å². The Kier molecular flexibility index (Phi) is 5.28. The van der Waals surface area contributed by atoms with Crippen LogP contribution in [0.25, 0.3) is 0 Å². The Morgan fingerprint density at radius 1 is 1.16 bits per heavy atom. The van der Waals surface area contributed by atoms with Crippen LogP contribution in [0.2, 0.25) is 0 Å². The van der Waals surface area contributed by atoms with Gasteiger partial charge in [0.25, 0.3) is 0 Å². The summed E-state index contributed by atoms with van der Waals surface area (Å²) in [7, 11) is 0. The fourth-order valence-electron chi connectivity index (χ4n) is 1.88. The highest BCUT2D eigenvalue weighted by Crippen LogP contribution is 2.19. The van der Waals surface area contributed by atoms with Crippen molar-refractivity contribution in [3.63, 3.8) is 0 Å². The fraction of sp³-hybridized carbons (Fsp3) is 0.500. The molecule has 0 bridgehead atoms. The summed E-state index contributed by atoms with van der Waals surface area (Å²) in [6.07, 6.45) is 0.936. The van der Waals surface area contributed by atoms with Crippen molar-refractivity contribution in [2.75, 3.05) is 0 Å². The molecule has 104 valence electrons. The van der Waals surface area contributed by atoms with E-state index in [1.807, 2.05) is 51.1 Å². The van der Waals surface area contributed by atoms with Crippen LogP contribution in [0.15, 0.2) is 30.3 Å². The van der Waals surface area contributed by atoms with Gasteiger partial charge in [-0.25, -0.2) is 0 Å². The number of hydrogen-bond acceptors (Lipinski definition) is 2. The van der Waals surface area contributed by atoms with Crippen LogP contribution in [-0.4, -0.2) is 17.7 Å². The van der Waals surface area contributed by atoms with Gasteiger partial charge >= 0.3 is 0 Å². The van der Waals surface area contributed by atoms with Crippen molar-refractivity contribution in [2.24, 2.45) is 5.41 Å². The Morgan fingerprint density at radius 3 is 2.21 bits per heavy atom. The number of rotatable bonds is 5. The van der Waals surface area contributed by atoms with Crippen LogP contribution in [0.5, 0.6) is 0 Å². The first kappa shape index (κ1) is 15.4. The van der Waals surface area contributed by atoms with Crippen LogP contribution >= 0.6 is 0 Å². The molecule has 0 saturated heterocycles. The standard InChI is InChI=1S/C16H23NO2/c1-5-14(18)17-13(15(19)16(2,3)4)11-12-9-7-6-8-10-12/h6-10,13H,5,11H2,1-4H3,(H,17,18)/t13-/m0/s1. The van der Waals surface area contributed by atoms with Crippen LogP contribution in [0.1, 0.15) is 39.7 Å². The molecule has 0 saturated carbocycles. The zero-order valence-corrected chi connectivity index (χ0v) is 12.2. The van der Waals surface area contributed by atoms with Crippen LogP contribution < -0.4 is 5.32 Å². The maximum atomic E-state index is 12.4. The Bertz CT molecular complexity index is 432. The summed E-state index contributed by atoms with van der Waals surface area (Å²) in [4.78, 5) is 24.0. The average molecular weight is 261 g/mol. The van der Waals surface area contributed by atoms with Crippen molar-refractivity contribution < 1.29 is 9.59 Å². The Morgan fingerprint density at radius 2 is 1.74 bits per heavy atom. The molecular weight excluding hydrogens is 238 g/mol. The first-order valence-electron chi connectivity index (χ1n) is 6.72. The van der Waals surface area contributed by atoms with Crippen molar-refractivity contribution in [3.05, 3.63) is 35.9 Å². The van der Waals surface area contributed by atoms with E-state index in [1.54, 1.807) is 6.92 Å².